The summed E-state index contributed by atoms with van der Waals surface area (Å²) in [5.41, 5.74) is 1.31. The number of esters is 1. The van der Waals surface area contributed by atoms with Gasteiger partial charge in [-0.15, -0.1) is 0 Å². The van der Waals surface area contributed by atoms with Crippen molar-refractivity contribution in [1.82, 2.24) is 0 Å². The summed E-state index contributed by atoms with van der Waals surface area (Å²) in [6.07, 6.45) is 5.92. The summed E-state index contributed by atoms with van der Waals surface area (Å²) >= 11 is 0. The minimum Gasteiger partial charge on any atom is -0.545 e. The predicted octanol–water partition coefficient (Wildman–Crippen LogP) is 1.34. The number of carboxylic acids is 1. The molecule has 2 N–H and O–H groups in total. The number of carboxylic acid groups (broad SMARTS) is 1. The van der Waals surface area contributed by atoms with Crippen molar-refractivity contribution in [2.75, 3.05) is 0 Å². The van der Waals surface area contributed by atoms with Crippen LogP contribution in [0.1, 0.15) is 99.8 Å². The van der Waals surface area contributed by atoms with E-state index in [9.17, 15) is 24.9 Å². The van der Waals surface area contributed by atoms with Crippen molar-refractivity contribution in [2.24, 2.45) is 39.9 Å². The Morgan fingerprint density at radius 1 is 1.05 bits per heavy atom. The van der Waals surface area contributed by atoms with Crippen LogP contribution in [0.5, 0.6) is 0 Å². The molecule has 208 valence electrons. The number of aliphatic hydroxyl groups excluding tert-OH is 2. The topological polar surface area (TPSA) is 107 Å². The van der Waals surface area contributed by atoms with Crippen LogP contribution in [0.2, 0.25) is 0 Å². The fraction of sp³-hybridized carbons (Fsp3) is 0.806. The van der Waals surface area contributed by atoms with Crippen molar-refractivity contribution in [3.8, 4) is 0 Å². The number of aliphatic hydroxyl groups is 2. The van der Waals surface area contributed by atoms with Crippen LogP contribution in [0, 0.1) is 39.9 Å². The van der Waals surface area contributed by atoms with Crippen LogP contribution >= 0.6 is 0 Å². The third-order valence-corrected chi connectivity index (χ3v) is 11.6. The van der Waals surface area contributed by atoms with Gasteiger partial charge in [-0.2, -0.15) is 0 Å². The Labute approximate surface area is 251 Å². The van der Waals surface area contributed by atoms with Crippen LogP contribution in [0.25, 0.3) is 0 Å². The number of carbonyl (C=O) groups excluding carboxylic acids is 2. The molecule has 7 heteroatoms. The first kappa shape index (κ1) is 31.9. The van der Waals surface area contributed by atoms with E-state index in [1.807, 2.05) is 19.9 Å². The molecule has 0 aromatic rings. The molecule has 7 unspecified atom stereocenters. The first-order valence-corrected chi connectivity index (χ1v) is 14.3. The van der Waals surface area contributed by atoms with Crippen LogP contribution in [-0.4, -0.2) is 40.5 Å². The van der Waals surface area contributed by atoms with E-state index in [1.165, 1.54) is 6.92 Å². The molecule has 0 radical (unpaired) electrons. The third-order valence-electron chi connectivity index (χ3n) is 11.6. The van der Waals surface area contributed by atoms with Gasteiger partial charge in [0.1, 0.15) is 6.10 Å². The Hall–Kier alpha value is -0.660. The second kappa shape index (κ2) is 11.3. The Morgan fingerprint density at radius 3 is 2.29 bits per heavy atom. The Balaban J connectivity index is 0.00000400. The summed E-state index contributed by atoms with van der Waals surface area (Å²) in [5, 5.41) is 35.0. The SMILES string of the molecule is CC(=O)OC1C[C@@]2(C)C(CC(O)C3[C@@]4(C)CCC(O)C(C)C4CC[C@@]32C)C1=C(CCC=C(C)C)C(=O)[O-].[Na+]. The maximum atomic E-state index is 12.5. The van der Waals surface area contributed by atoms with Gasteiger partial charge in [0.15, 0.2) is 0 Å². The molecule has 0 amide bonds. The number of carbonyl (C=O) groups is 2. The zero-order chi connectivity index (χ0) is 27.5. The molecule has 0 spiro atoms. The van der Waals surface area contributed by atoms with Crippen molar-refractivity contribution in [2.45, 2.75) is 118 Å². The number of hydrogen-bond donors (Lipinski definition) is 2. The Kier molecular flexibility index (Phi) is 9.49. The molecule has 4 rings (SSSR count). The Bertz CT molecular complexity index is 1000. The quantitative estimate of drug-likeness (QED) is 0.237. The molecule has 4 fully saturated rings. The van der Waals surface area contributed by atoms with Gasteiger partial charge in [-0.25, -0.2) is 0 Å². The van der Waals surface area contributed by atoms with Crippen LogP contribution in [0.4, 0.5) is 0 Å². The van der Waals surface area contributed by atoms with Crippen LogP contribution in [0.3, 0.4) is 0 Å². The average molecular weight is 539 g/mol. The summed E-state index contributed by atoms with van der Waals surface area (Å²) in [6.45, 7) is 14.4. The van der Waals surface area contributed by atoms with Gasteiger partial charge in [0.25, 0.3) is 0 Å². The fourth-order valence-corrected chi connectivity index (χ4v) is 9.78. The van der Waals surface area contributed by atoms with Crippen molar-refractivity contribution in [3.05, 3.63) is 22.8 Å². The van der Waals surface area contributed by atoms with Gasteiger partial charge in [-0.05, 0) is 116 Å². The second-order valence-electron chi connectivity index (χ2n) is 13.6. The molecule has 0 bridgehead atoms. The van der Waals surface area contributed by atoms with Crippen LogP contribution in [-0.2, 0) is 14.3 Å². The van der Waals surface area contributed by atoms with E-state index in [1.54, 1.807) is 0 Å². The molecule has 38 heavy (non-hydrogen) atoms. The molecule has 4 saturated carbocycles. The molecule has 10 atom stereocenters. The summed E-state index contributed by atoms with van der Waals surface area (Å²) < 4.78 is 5.84. The number of rotatable bonds is 5. The van der Waals surface area contributed by atoms with Gasteiger partial charge in [-0.1, -0.05) is 39.3 Å². The van der Waals surface area contributed by atoms with Gasteiger partial charge in [-0.3, -0.25) is 4.79 Å². The zero-order valence-electron chi connectivity index (χ0n) is 24.8. The minimum atomic E-state index is -1.20. The first-order valence-electron chi connectivity index (χ1n) is 14.3. The van der Waals surface area contributed by atoms with Crippen LogP contribution < -0.4 is 34.7 Å². The molecule has 0 aromatic heterocycles. The fourth-order valence-electron chi connectivity index (χ4n) is 9.78. The van der Waals surface area contributed by atoms with Gasteiger partial charge in [0.2, 0.25) is 0 Å². The summed E-state index contributed by atoms with van der Waals surface area (Å²) in [7, 11) is 0. The molecule has 0 saturated heterocycles. The molecule has 4 aliphatic carbocycles. The normalized spacial score (nSPS) is 45.0. The van der Waals surface area contributed by atoms with E-state index in [0.29, 0.717) is 37.2 Å². The van der Waals surface area contributed by atoms with Crippen molar-refractivity contribution < 1.29 is 59.2 Å². The van der Waals surface area contributed by atoms with E-state index >= 15 is 0 Å². The van der Waals surface area contributed by atoms with E-state index in [0.717, 1.165) is 31.3 Å². The maximum Gasteiger partial charge on any atom is 1.00 e. The van der Waals surface area contributed by atoms with Crippen molar-refractivity contribution in [1.29, 1.82) is 0 Å². The van der Waals surface area contributed by atoms with E-state index in [4.69, 9.17) is 4.74 Å². The van der Waals surface area contributed by atoms with Crippen LogP contribution in [0.15, 0.2) is 22.8 Å². The number of hydrogen-bond acceptors (Lipinski definition) is 6. The molecule has 0 aromatic carbocycles. The number of allylic oxidation sites excluding steroid dienone is 2. The molecule has 4 aliphatic rings. The zero-order valence-corrected chi connectivity index (χ0v) is 26.8. The standard InChI is InChI=1S/C31H48O6.Na/c1-17(2)9-8-10-20(28(35)36)26-22-15-24(34)27-29(5)13-12-23(33)18(3)21(29)11-14-30(27,6)31(22,7)16-25(26)37-19(4)32;/h9,18,21-25,27,33-34H,8,10-16H2,1-7H3,(H,35,36);/q;+1/p-1/t18?,21?,22?,23?,24?,25?,27?,29-,30-,31-;/m0./s1. The number of aliphatic carboxylic acids is 1. The monoisotopic (exact) mass is 538 g/mol. The summed E-state index contributed by atoms with van der Waals surface area (Å²) in [6, 6.07) is 0. The van der Waals surface area contributed by atoms with Gasteiger partial charge in [0, 0.05) is 6.92 Å². The average Bonchev–Trinajstić information content (AvgIpc) is 3.05. The molecular weight excluding hydrogens is 491 g/mol. The van der Waals surface area contributed by atoms with E-state index < -0.39 is 24.1 Å². The van der Waals surface area contributed by atoms with E-state index in [-0.39, 0.29) is 75.2 Å². The minimum absolute atomic E-state index is 0. The molecule has 6 nitrogen and oxygen atoms in total. The summed E-state index contributed by atoms with van der Waals surface area (Å²) in [5.74, 6) is -1.25. The van der Waals surface area contributed by atoms with E-state index in [2.05, 4.69) is 27.7 Å². The number of ether oxygens (including phenoxy) is 1. The maximum absolute atomic E-state index is 12.5. The number of fused-ring (bicyclic) bond motifs is 5. The molecular formula is C31H47NaO6. The summed E-state index contributed by atoms with van der Waals surface area (Å²) in [4.78, 5) is 24.7. The van der Waals surface area contributed by atoms with Gasteiger partial charge >= 0.3 is 35.5 Å². The largest absolute Gasteiger partial charge is 1.00 e. The van der Waals surface area contributed by atoms with Gasteiger partial charge < -0.3 is 24.9 Å². The van der Waals surface area contributed by atoms with Crippen molar-refractivity contribution in [3.63, 3.8) is 0 Å². The molecule has 0 aliphatic heterocycles. The second-order valence-corrected chi connectivity index (χ2v) is 13.6. The third kappa shape index (κ3) is 5.00. The smallest absolute Gasteiger partial charge is 0.545 e. The first-order chi connectivity index (χ1) is 17.2. The van der Waals surface area contributed by atoms with Crippen molar-refractivity contribution >= 4 is 11.9 Å². The van der Waals surface area contributed by atoms with Gasteiger partial charge in [0.05, 0.1) is 18.2 Å². The Morgan fingerprint density at radius 2 is 1.71 bits per heavy atom. The predicted molar refractivity (Wildman–Crippen MR) is 140 cm³/mol. The molecule has 0 heterocycles.